The number of Topliss-reactive ketones (excluding diaryl/α,β-unsaturated/α-hetero) is 1. The number of sulfone groups is 1. The molecule has 2 rings (SSSR count). The quantitative estimate of drug-likeness (QED) is 0.814. The van der Waals surface area contributed by atoms with Crippen LogP contribution in [-0.2, 0) is 9.84 Å². The first kappa shape index (κ1) is 14.8. The summed E-state index contributed by atoms with van der Waals surface area (Å²) in [6.45, 7) is 1.39. The third kappa shape index (κ3) is 2.92. The van der Waals surface area contributed by atoms with Gasteiger partial charge in [0.05, 0.1) is 4.90 Å². The van der Waals surface area contributed by atoms with Crippen molar-refractivity contribution in [2.45, 2.75) is 17.1 Å². The first-order chi connectivity index (χ1) is 9.43. The monoisotopic (exact) mass is 308 g/mol. The third-order valence-electron chi connectivity index (χ3n) is 3.02. The van der Waals surface area contributed by atoms with E-state index in [0.29, 0.717) is 10.6 Å². The molecular formula is C15H13ClO3S. The van der Waals surface area contributed by atoms with Gasteiger partial charge >= 0.3 is 0 Å². The van der Waals surface area contributed by atoms with Crippen LogP contribution in [0.4, 0.5) is 0 Å². The zero-order valence-electron chi connectivity index (χ0n) is 10.8. The summed E-state index contributed by atoms with van der Waals surface area (Å²) in [5, 5.41) is -0.825. The Kier molecular flexibility index (Phi) is 4.26. The number of hydrogen-bond donors (Lipinski definition) is 0. The molecule has 0 radical (unpaired) electrons. The highest BCUT2D eigenvalue weighted by Crippen LogP contribution is 2.22. The zero-order chi connectivity index (χ0) is 14.8. The summed E-state index contributed by atoms with van der Waals surface area (Å²) in [4.78, 5) is 12.3. The van der Waals surface area contributed by atoms with Crippen LogP contribution in [0.25, 0.3) is 0 Å². The Morgan fingerprint density at radius 2 is 1.70 bits per heavy atom. The number of halogens is 1. The first-order valence-electron chi connectivity index (χ1n) is 6.01. The smallest absolute Gasteiger partial charge is 0.188 e. The van der Waals surface area contributed by atoms with E-state index in [1.54, 1.807) is 42.5 Å². The standard InChI is InChI=1S/C15H13ClO3S/c1-11(15(17)12-6-3-2-4-7-12)20(18,19)14-9-5-8-13(16)10-14/h2-11H,1H3. The van der Waals surface area contributed by atoms with Gasteiger partial charge in [0.25, 0.3) is 0 Å². The van der Waals surface area contributed by atoms with Gasteiger partial charge in [-0.3, -0.25) is 4.79 Å². The average Bonchev–Trinajstić information content (AvgIpc) is 2.46. The van der Waals surface area contributed by atoms with Gasteiger partial charge in [-0.1, -0.05) is 48.0 Å². The number of hydrogen-bond acceptors (Lipinski definition) is 3. The Hall–Kier alpha value is -1.65. The molecule has 0 aliphatic heterocycles. The van der Waals surface area contributed by atoms with Crippen molar-refractivity contribution in [3.63, 3.8) is 0 Å². The minimum atomic E-state index is -3.74. The van der Waals surface area contributed by atoms with Crippen LogP contribution in [0.15, 0.2) is 59.5 Å². The molecule has 0 bridgehead atoms. The van der Waals surface area contributed by atoms with Crippen LogP contribution in [0, 0.1) is 0 Å². The van der Waals surface area contributed by atoms with Crippen molar-refractivity contribution in [2.75, 3.05) is 0 Å². The third-order valence-corrected chi connectivity index (χ3v) is 5.31. The van der Waals surface area contributed by atoms with Crippen molar-refractivity contribution >= 4 is 27.2 Å². The highest BCUT2D eigenvalue weighted by atomic mass is 35.5. The molecule has 0 saturated heterocycles. The van der Waals surface area contributed by atoms with E-state index in [2.05, 4.69) is 0 Å². The second-order valence-electron chi connectivity index (χ2n) is 4.37. The van der Waals surface area contributed by atoms with E-state index in [1.807, 2.05) is 0 Å². The molecule has 104 valence electrons. The summed E-state index contributed by atoms with van der Waals surface area (Å²) >= 11 is 5.80. The minimum Gasteiger partial charge on any atom is -0.293 e. The molecule has 5 heteroatoms. The maximum absolute atomic E-state index is 12.4. The summed E-state index contributed by atoms with van der Waals surface area (Å²) in [6, 6.07) is 14.3. The molecule has 0 fully saturated rings. The number of rotatable bonds is 4. The predicted octanol–water partition coefficient (Wildman–Crippen LogP) is 3.39. The van der Waals surface area contributed by atoms with Crippen LogP contribution in [0.2, 0.25) is 5.02 Å². The van der Waals surface area contributed by atoms with Crippen molar-refractivity contribution in [1.29, 1.82) is 0 Å². The van der Waals surface area contributed by atoms with Gasteiger partial charge in [0.2, 0.25) is 0 Å². The number of benzene rings is 2. The van der Waals surface area contributed by atoms with Gasteiger partial charge in [-0.25, -0.2) is 8.42 Å². The normalized spacial score (nSPS) is 12.9. The molecule has 0 aliphatic rings. The molecule has 1 atom stereocenters. The lowest BCUT2D eigenvalue weighted by molar-refractivity contribution is 0.0991. The number of carbonyl (C=O) groups is 1. The molecule has 2 aromatic carbocycles. The van der Waals surface area contributed by atoms with E-state index in [9.17, 15) is 13.2 Å². The minimum absolute atomic E-state index is 0.0572. The molecule has 3 nitrogen and oxygen atoms in total. The van der Waals surface area contributed by atoms with E-state index >= 15 is 0 Å². The van der Waals surface area contributed by atoms with Crippen LogP contribution in [0.5, 0.6) is 0 Å². The summed E-state index contributed by atoms with van der Waals surface area (Å²) in [7, 11) is -3.74. The summed E-state index contributed by atoms with van der Waals surface area (Å²) < 4.78 is 24.8. The van der Waals surface area contributed by atoms with E-state index in [0.717, 1.165) is 0 Å². The largest absolute Gasteiger partial charge is 0.293 e. The first-order valence-corrected chi connectivity index (χ1v) is 7.94. The van der Waals surface area contributed by atoms with Crippen LogP contribution in [-0.4, -0.2) is 19.5 Å². The molecule has 20 heavy (non-hydrogen) atoms. The topological polar surface area (TPSA) is 51.2 Å². The van der Waals surface area contributed by atoms with Crippen LogP contribution >= 0.6 is 11.6 Å². The molecule has 0 amide bonds. The Morgan fingerprint density at radius 1 is 1.05 bits per heavy atom. The Labute approximate surface area is 123 Å². The second kappa shape index (κ2) is 5.77. The highest BCUT2D eigenvalue weighted by molar-refractivity contribution is 7.92. The lowest BCUT2D eigenvalue weighted by Gasteiger charge is -2.12. The molecule has 0 spiro atoms. The van der Waals surface area contributed by atoms with E-state index in [1.165, 1.54) is 19.1 Å². The van der Waals surface area contributed by atoms with Crippen LogP contribution < -0.4 is 0 Å². The fraction of sp³-hybridized carbons (Fsp3) is 0.133. The molecule has 0 aliphatic carbocycles. The lowest BCUT2D eigenvalue weighted by atomic mass is 10.1. The molecule has 0 heterocycles. The highest BCUT2D eigenvalue weighted by Gasteiger charge is 2.30. The summed E-state index contributed by atoms with van der Waals surface area (Å²) in [5.74, 6) is -0.425. The van der Waals surface area contributed by atoms with Crippen LogP contribution in [0.1, 0.15) is 17.3 Å². The fourth-order valence-electron chi connectivity index (χ4n) is 1.83. The zero-order valence-corrected chi connectivity index (χ0v) is 12.4. The number of carbonyl (C=O) groups excluding carboxylic acids is 1. The van der Waals surface area contributed by atoms with Gasteiger partial charge in [-0.05, 0) is 25.1 Å². The van der Waals surface area contributed by atoms with Gasteiger partial charge in [0.1, 0.15) is 5.25 Å². The molecule has 0 aromatic heterocycles. The number of ketones is 1. The lowest BCUT2D eigenvalue weighted by Crippen LogP contribution is -2.27. The maximum Gasteiger partial charge on any atom is 0.188 e. The van der Waals surface area contributed by atoms with Crippen molar-refractivity contribution in [1.82, 2.24) is 0 Å². The molecular weight excluding hydrogens is 296 g/mol. The maximum atomic E-state index is 12.4. The fourth-order valence-corrected chi connectivity index (χ4v) is 3.47. The van der Waals surface area contributed by atoms with Crippen LogP contribution in [0.3, 0.4) is 0 Å². The summed E-state index contributed by atoms with van der Waals surface area (Å²) in [5.41, 5.74) is 0.380. The van der Waals surface area contributed by atoms with Gasteiger partial charge in [-0.15, -0.1) is 0 Å². The second-order valence-corrected chi connectivity index (χ2v) is 7.08. The van der Waals surface area contributed by atoms with Gasteiger partial charge < -0.3 is 0 Å². The Balaban J connectivity index is 2.37. The predicted molar refractivity (Wildman–Crippen MR) is 78.9 cm³/mol. The SMILES string of the molecule is CC(C(=O)c1ccccc1)S(=O)(=O)c1cccc(Cl)c1. The van der Waals surface area contributed by atoms with Crippen molar-refractivity contribution in [3.05, 3.63) is 65.2 Å². The molecule has 1 unspecified atom stereocenters. The molecule has 0 N–H and O–H groups in total. The van der Waals surface area contributed by atoms with Crippen molar-refractivity contribution < 1.29 is 13.2 Å². The molecule has 0 saturated carbocycles. The molecule has 2 aromatic rings. The van der Waals surface area contributed by atoms with Crippen molar-refractivity contribution in [3.8, 4) is 0 Å². The Morgan fingerprint density at radius 3 is 2.30 bits per heavy atom. The van der Waals surface area contributed by atoms with E-state index in [-0.39, 0.29) is 4.90 Å². The Bertz CT molecular complexity index is 724. The van der Waals surface area contributed by atoms with Gasteiger partial charge in [-0.2, -0.15) is 0 Å². The van der Waals surface area contributed by atoms with E-state index in [4.69, 9.17) is 11.6 Å². The summed E-state index contributed by atoms with van der Waals surface area (Å²) in [6.07, 6.45) is 0. The van der Waals surface area contributed by atoms with E-state index < -0.39 is 20.9 Å². The van der Waals surface area contributed by atoms with Gasteiger partial charge in [0.15, 0.2) is 15.6 Å². The van der Waals surface area contributed by atoms with Gasteiger partial charge in [0, 0.05) is 10.6 Å². The average molecular weight is 309 g/mol. The van der Waals surface area contributed by atoms with Crippen molar-refractivity contribution in [2.24, 2.45) is 0 Å².